The Kier molecular flexibility index (Phi) is 4.79. The first-order valence-electron chi connectivity index (χ1n) is 6.76. The molecule has 1 saturated carbocycles. The second kappa shape index (κ2) is 5.53. The van der Waals surface area contributed by atoms with Gasteiger partial charge in [-0.15, -0.1) is 6.58 Å². The Morgan fingerprint density at radius 1 is 1.29 bits per heavy atom. The van der Waals surface area contributed by atoms with E-state index in [4.69, 9.17) is 10.5 Å². The summed E-state index contributed by atoms with van der Waals surface area (Å²) in [7, 11) is 1.82. The maximum Gasteiger partial charge on any atom is 0.0829 e. The van der Waals surface area contributed by atoms with E-state index in [0.717, 1.165) is 25.7 Å². The van der Waals surface area contributed by atoms with E-state index in [2.05, 4.69) is 27.4 Å². The predicted molar refractivity (Wildman–Crippen MR) is 74.0 cm³/mol. The van der Waals surface area contributed by atoms with Gasteiger partial charge in [-0.3, -0.25) is 0 Å². The summed E-state index contributed by atoms with van der Waals surface area (Å²) >= 11 is 0. The van der Waals surface area contributed by atoms with E-state index in [1.54, 1.807) is 0 Å². The van der Waals surface area contributed by atoms with Crippen molar-refractivity contribution in [3.05, 3.63) is 12.2 Å². The molecule has 1 rings (SSSR count). The highest BCUT2D eigenvalue weighted by molar-refractivity contribution is 4.99. The zero-order chi connectivity index (χ0) is 13.1. The summed E-state index contributed by atoms with van der Waals surface area (Å²) in [6.07, 6.45) is 6.60. The predicted octanol–water partition coefficient (Wildman–Crippen LogP) is 3.66. The van der Waals surface area contributed by atoms with E-state index in [9.17, 15) is 0 Å². The van der Waals surface area contributed by atoms with Gasteiger partial charge in [0.15, 0.2) is 0 Å². The number of ether oxygens (including phenoxy) is 1. The molecule has 0 radical (unpaired) electrons. The third-order valence-corrected chi connectivity index (χ3v) is 4.41. The van der Waals surface area contributed by atoms with Gasteiger partial charge in [0.25, 0.3) is 0 Å². The number of allylic oxidation sites excluding steroid dienone is 1. The Labute approximate surface area is 107 Å². The van der Waals surface area contributed by atoms with E-state index in [1.807, 2.05) is 7.11 Å². The van der Waals surface area contributed by atoms with Crippen molar-refractivity contribution in [1.82, 2.24) is 0 Å². The molecule has 2 N–H and O–H groups in total. The van der Waals surface area contributed by atoms with Crippen LogP contribution in [0, 0.1) is 5.41 Å². The minimum Gasteiger partial charge on any atom is -0.377 e. The van der Waals surface area contributed by atoms with Gasteiger partial charge in [0, 0.05) is 13.2 Å². The smallest absolute Gasteiger partial charge is 0.0829 e. The van der Waals surface area contributed by atoms with Gasteiger partial charge in [-0.2, -0.15) is 0 Å². The topological polar surface area (TPSA) is 35.2 Å². The third-order valence-electron chi connectivity index (χ3n) is 4.41. The zero-order valence-corrected chi connectivity index (χ0v) is 12.0. The van der Waals surface area contributed by atoms with Crippen molar-refractivity contribution in [2.45, 2.75) is 70.9 Å². The summed E-state index contributed by atoms with van der Waals surface area (Å²) in [5.74, 6) is 0. The molecule has 0 saturated heterocycles. The average Bonchev–Trinajstić information content (AvgIpc) is 2.26. The van der Waals surface area contributed by atoms with Crippen LogP contribution in [0.2, 0.25) is 0 Å². The molecule has 1 unspecified atom stereocenters. The molecule has 1 atom stereocenters. The number of hydrogen-bond donors (Lipinski definition) is 1. The van der Waals surface area contributed by atoms with E-state index >= 15 is 0 Å². The van der Waals surface area contributed by atoms with E-state index in [-0.39, 0.29) is 11.6 Å². The van der Waals surface area contributed by atoms with Crippen LogP contribution in [0.3, 0.4) is 0 Å². The molecule has 1 aliphatic carbocycles. The Balaban J connectivity index is 2.60. The highest BCUT2D eigenvalue weighted by atomic mass is 16.5. The molecule has 0 spiro atoms. The van der Waals surface area contributed by atoms with Crippen LogP contribution < -0.4 is 5.73 Å². The van der Waals surface area contributed by atoms with E-state index in [1.165, 1.54) is 18.4 Å². The van der Waals surface area contributed by atoms with Gasteiger partial charge in [-0.05, 0) is 50.9 Å². The molecule has 0 amide bonds. The van der Waals surface area contributed by atoms with Gasteiger partial charge in [0.05, 0.1) is 5.60 Å². The van der Waals surface area contributed by atoms with Gasteiger partial charge < -0.3 is 10.5 Å². The molecule has 1 aliphatic rings. The maximum absolute atomic E-state index is 6.36. The Morgan fingerprint density at radius 3 is 2.24 bits per heavy atom. The summed E-state index contributed by atoms with van der Waals surface area (Å²) < 4.78 is 5.81. The Morgan fingerprint density at radius 2 is 1.82 bits per heavy atom. The van der Waals surface area contributed by atoms with Crippen LogP contribution in [0.5, 0.6) is 0 Å². The van der Waals surface area contributed by atoms with Crippen LogP contribution in [0.25, 0.3) is 0 Å². The minimum absolute atomic E-state index is 0.0923. The van der Waals surface area contributed by atoms with Crippen LogP contribution in [-0.2, 0) is 4.74 Å². The lowest BCUT2D eigenvalue weighted by molar-refractivity contribution is -0.0796. The number of methoxy groups -OCH3 is 1. The van der Waals surface area contributed by atoms with Crippen LogP contribution in [0.15, 0.2) is 12.2 Å². The van der Waals surface area contributed by atoms with E-state index in [0.29, 0.717) is 5.41 Å². The summed E-state index contributed by atoms with van der Waals surface area (Å²) in [5.41, 5.74) is 7.94. The van der Waals surface area contributed by atoms with E-state index < -0.39 is 0 Å². The molecule has 0 aromatic heterocycles. The molecule has 2 nitrogen and oxygen atoms in total. The van der Waals surface area contributed by atoms with Crippen molar-refractivity contribution >= 4 is 0 Å². The fourth-order valence-corrected chi connectivity index (χ4v) is 2.74. The van der Waals surface area contributed by atoms with Crippen LogP contribution in [0.4, 0.5) is 0 Å². The summed E-state index contributed by atoms with van der Waals surface area (Å²) in [5, 5.41) is 0. The SMILES string of the molecule is C=C(C)CCC(N)C1(OC)CCC(C)(C)CC1. The summed E-state index contributed by atoms with van der Waals surface area (Å²) in [6.45, 7) is 10.7. The van der Waals surface area contributed by atoms with Crippen molar-refractivity contribution in [3.63, 3.8) is 0 Å². The third kappa shape index (κ3) is 3.82. The molecule has 0 aliphatic heterocycles. The fraction of sp³-hybridized carbons (Fsp3) is 0.867. The molecule has 0 aromatic rings. The largest absolute Gasteiger partial charge is 0.377 e. The first kappa shape index (κ1) is 14.7. The normalized spacial score (nSPS) is 24.3. The number of hydrogen-bond acceptors (Lipinski definition) is 2. The molecule has 0 heterocycles. The van der Waals surface area contributed by atoms with Crippen molar-refractivity contribution in [2.75, 3.05) is 7.11 Å². The fourth-order valence-electron chi connectivity index (χ4n) is 2.74. The monoisotopic (exact) mass is 239 g/mol. The first-order valence-corrected chi connectivity index (χ1v) is 6.76. The standard InChI is InChI=1S/C15H29NO/c1-12(2)6-7-13(16)15(17-5)10-8-14(3,4)9-11-15/h13H,1,6-11,16H2,2-5H3. The highest BCUT2D eigenvalue weighted by Crippen LogP contribution is 2.43. The van der Waals surface area contributed by atoms with Crippen LogP contribution in [-0.4, -0.2) is 18.8 Å². The van der Waals surface area contributed by atoms with Crippen LogP contribution in [0.1, 0.15) is 59.3 Å². The Bertz CT molecular complexity index is 260. The van der Waals surface area contributed by atoms with Crippen LogP contribution >= 0.6 is 0 Å². The lowest BCUT2D eigenvalue weighted by Crippen LogP contribution is -2.52. The molecule has 100 valence electrons. The molecule has 0 bridgehead atoms. The van der Waals surface area contributed by atoms with Crippen molar-refractivity contribution in [2.24, 2.45) is 11.1 Å². The molecule has 1 fully saturated rings. The minimum atomic E-state index is -0.0923. The first-order chi connectivity index (χ1) is 7.81. The summed E-state index contributed by atoms with van der Waals surface area (Å²) in [4.78, 5) is 0. The van der Waals surface area contributed by atoms with Crippen molar-refractivity contribution in [3.8, 4) is 0 Å². The molecule has 2 heteroatoms. The quantitative estimate of drug-likeness (QED) is 0.743. The summed E-state index contributed by atoms with van der Waals surface area (Å²) in [6, 6.07) is 0.139. The van der Waals surface area contributed by atoms with Gasteiger partial charge in [-0.25, -0.2) is 0 Å². The maximum atomic E-state index is 6.36. The zero-order valence-electron chi connectivity index (χ0n) is 12.0. The molecule has 0 aromatic carbocycles. The van der Waals surface area contributed by atoms with Crippen molar-refractivity contribution in [1.29, 1.82) is 0 Å². The second-order valence-corrected chi connectivity index (χ2v) is 6.54. The molecular weight excluding hydrogens is 210 g/mol. The van der Waals surface area contributed by atoms with Gasteiger partial charge >= 0.3 is 0 Å². The lowest BCUT2D eigenvalue weighted by Gasteiger charge is -2.46. The molecule has 17 heavy (non-hydrogen) atoms. The lowest BCUT2D eigenvalue weighted by atomic mass is 9.68. The second-order valence-electron chi connectivity index (χ2n) is 6.54. The Hall–Kier alpha value is -0.340. The average molecular weight is 239 g/mol. The van der Waals surface area contributed by atoms with Gasteiger partial charge in [-0.1, -0.05) is 19.4 Å². The molecular formula is C15H29NO. The highest BCUT2D eigenvalue weighted by Gasteiger charge is 2.42. The number of rotatable bonds is 5. The van der Waals surface area contributed by atoms with Crippen molar-refractivity contribution < 1.29 is 4.74 Å². The van der Waals surface area contributed by atoms with Gasteiger partial charge in [0.2, 0.25) is 0 Å². The number of nitrogens with two attached hydrogens (primary N) is 1. The van der Waals surface area contributed by atoms with Gasteiger partial charge in [0.1, 0.15) is 0 Å².